The van der Waals surface area contributed by atoms with Gasteiger partial charge in [-0.1, -0.05) is 5.16 Å². The number of rotatable bonds is 4. The van der Waals surface area contributed by atoms with Crippen molar-refractivity contribution in [2.45, 2.75) is 6.54 Å². The number of hydrogen-bond acceptors (Lipinski definition) is 3. The van der Waals surface area contributed by atoms with Crippen LogP contribution in [0.5, 0.6) is 0 Å². The van der Waals surface area contributed by atoms with Crippen molar-refractivity contribution in [2.75, 3.05) is 0 Å². The second kappa shape index (κ2) is 7.49. The van der Waals surface area contributed by atoms with E-state index in [9.17, 15) is 9.18 Å². The Morgan fingerprint density at radius 2 is 2.00 bits per heavy atom. The second-order valence-corrected chi connectivity index (χ2v) is 3.98. The summed E-state index contributed by atoms with van der Waals surface area (Å²) in [6.07, 6.45) is 4.69. The molecule has 0 fully saturated rings. The molecule has 104 valence electrons. The van der Waals surface area contributed by atoms with Crippen LogP contribution in [-0.4, -0.2) is 17.2 Å². The van der Waals surface area contributed by atoms with Crippen molar-refractivity contribution >= 4 is 12.0 Å². The van der Waals surface area contributed by atoms with E-state index in [4.69, 9.17) is 5.21 Å². The number of nitrogens with zero attached hydrogens (tertiary/aromatic N) is 2. The van der Waals surface area contributed by atoms with Gasteiger partial charge in [-0.25, -0.2) is 4.39 Å². The summed E-state index contributed by atoms with van der Waals surface area (Å²) in [4.78, 5) is 12.0. The van der Waals surface area contributed by atoms with Gasteiger partial charge in [-0.3, -0.25) is 4.79 Å². The average molecular weight is 339 g/mol. The van der Waals surface area contributed by atoms with Gasteiger partial charge in [-0.2, -0.15) is 4.57 Å². The maximum atomic E-state index is 12.8. The van der Waals surface area contributed by atoms with Crippen LogP contribution in [0, 0.1) is 5.82 Å². The third-order valence-corrected chi connectivity index (χ3v) is 2.58. The molecule has 2 rings (SSSR count). The minimum Gasteiger partial charge on any atom is -1.00 e. The van der Waals surface area contributed by atoms with Gasteiger partial charge in [0.1, 0.15) is 5.82 Å². The van der Waals surface area contributed by atoms with Crippen LogP contribution in [0.15, 0.2) is 53.9 Å². The fraction of sp³-hybridized carbons (Fsp3) is 0.0714. The lowest BCUT2D eigenvalue weighted by Gasteiger charge is -1.99. The fourth-order valence-electron chi connectivity index (χ4n) is 1.68. The molecule has 0 atom stereocenters. The Hall–Kier alpha value is -2.08. The van der Waals surface area contributed by atoms with Gasteiger partial charge in [-0.15, -0.1) is 0 Å². The van der Waals surface area contributed by atoms with E-state index in [0.717, 1.165) is 0 Å². The molecule has 0 spiro atoms. The minimum atomic E-state index is -0.370. The quantitative estimate of drug-likeness (QED) is 0.250. The Kier molecular flexibility index (Phi) is 5.99. The first kappa shape index (κ1) is 16.0. The summed E-state index contributed by atoms with van der Waals surface area (Å²) in [6.45, 7) is 0.138. The van der Waals surface area contributed by atoms with Crippen molar-refractivity contribution in [1.82, 2.24) is 0 Å². The normalized spacial score (nSPS) is 10.2. The van der Waals surface area contributed by atoms with Crippen LogP contribution in [0.25, 0.3) is 0 Å². The van der Waals surface area contributed by atoms with Crippen LogP contribution in [-0.2, 0) is 6.54 Å². The Morgan fingerprint density at radius 3 is 2.65 bits per heavy atom. The Bertz CT molecular complexity index is 615. The van der Waals surface area contributed by atoms with E-state index >= 15 is 0 Å². The van der Waals surface area contributed by atoms with E-state index in [1.165, 1.54) is 30.5 Å². The molecule has 1 N–H and O–H groups in total. The van der Waals surface area contributed by atoms with Gasteiger partial charge in [0.25, 0.3) is 0 Å². The van der Waals surface area contributed by atoms with Crippen LogP contribution in [0.4, 0.5) is 4.39 Å². The smallest absolute Gasteiger partial charge is 0.227 e. The number of pyridine rings is 1. The maximum Gasteiger partial charge on any atom is 0.227 e. The molecule has 0 saturated heterocycles. The van der Waals surface area contributed by atoms with Crippen molar-refractivity contribution in [3.8, 4) is 0 Å². The van der Waals surface area contributed by atoms with Gasteiger partial charge < -0.3 is 22.2 Å². The number of ketones is 1. The summed E-state index contributed by atoms with van der Waals surface area (Å²) in [5.74, 6) is -0.492. The summed E-state index contributed by atoms with van der Waals surface area (Å²) in [7, 11) is 0. The van der Waals surface area contributed by atoms with Crippen LogP contribution in [0.3, 0.4) is 0 Å². The largest absolute Gasteiger partial charge is 1.00 e. The minimum absolute atomic E-state index is 0. The summed E-state index contributed by atoms with van der Waals surface area (Å²) >= 11 is 0. The van der Waals surface area contributed by atoms with Gasteiger partial charge in [-0.05, 0) is 30.3 Å². The fourth-order valence-corrected chi connectivity index (χ4v) is 1.68. The first-order valence-corrected chi connectivity index (χ1v) is 5.64. The van der Waals surface area contributed by atoms with Crippen molar-refractivity contribution < 1.29 is 35.9 Å². The van der Waals surface area contributed by atoms with E-state index in [2.05, 4.69) is 5.16 Å². The van der Waals surface area contributed by atoms with Crippen LogP contribution in [0.2, 0.25) is 0 Å². The Labute approximate surface area is 125 Å². The standard InChI is InChI=1S/C14H11FN2O2.BrH/c15-13-5-3-12(4-6-13)14(18)10-17-7-1-2-11(9-17)8-16-19;/h1-9H,10H2;1H. The monoisotopic (exact) mass is 338 g/mol. The number of benzene rings is 1. The van der Waals surface area contributed by atoms with E-state index in [1.807, 2.05) is 0 Å². The lowest BCUT2D eigenvalue weighted by atomic mass is 10.1. The number of oxime groups is 1. The van der Waals surface area contributed by atoms with Crippen molar-refractivity contribution in [3.05, 3.63) is 65.7 Å². The predicted molar refractivity (Wildman–Crippen MR) is 66.7 cm³/mol. The molecule has 1 aromatic heterocycles. The molecule has 0 aliphatic rings. The molecule has 0 saturated carbocycles. The first-order valence-electron chi connectivity index (χ1n) is 5.64. The second-order valence-electron chi connectivity index (χ2n) is 3.98. The highest BCUT2D eigenvalue weighted by atomic mass is 79.9. The van der Waals surface area contributed by atoms with E-state index in [-0.39, 0.29) is 35.1 Å². The number of aromatic nitrogens is 1. The first-order chi connectivity index (χ1) is 9.19. The molecule has 0 unspecified atom stereocenters. The number of halogens is 2. The zero-order chi connectivity index (χ0) is 13.7. The van der Waals surface area contributed by atoms with Gasteiger partial charge in [0.2, 0.25) is 12.3 Å². The molecule has 1 aromatic carbocycles. The summed E-state index contributed by atoms with van der Waals surface area (Å²) in [6, 6.07) is 8.92. The molecule has 6 heteroatoms. The van der Waals surface area contributed by atoms with E-state index in [0.29, 0.717) is 11.1 Å². The van der Waals surface area contributed by atoms with Crippen molar-refractivity contribution in [1.29, 1.82) is 0 Å². The van der Waals surface area contributed by atoms with Crippen molar-refractivity contribution in [2.24, 2.45) is 5.16 Å². The zero-order valence-electron chi connectivity index (χ0n) is 10.4. The molecule has 4 nitrogen and oxygen atoms in total. The van der Waals surface area contributed by atoms with Gasteiger partial charge >= 0.3 is 0 Å². The van der Waals surface area contributed by atoms with Gasteiger partial charge in [0.05, 0.1) is 11.8 Å². The van der Waals surface area contributed by atoms with Gasteiger partial charge in [0.15, 0.2) is 12.4 Å². The third-order valence-electron chi connectivity index (χ3n) is 2.58. The highest BCUT2D eigenvalue weighted by Crippen LogP contribution is 2.03. The zero-order valence-corrected chi connectivity index (χ0v) is 12.0. The molecule has 0 radical (unpaired) electrons. The topological polar surface area (TPSA) is 53.5 Å². The highest BCUT2D eigenvalue weighted by Gasteiger charge is 2.12. The molecule has 0 amide bonds. The summed E-state index contributed by atoms with van der Waals surface area (Å²) < 4.78 is 14.4. The Morgan fingerprint density at radius 1 is 1.30 bits per heavy atom. The molecule has 0 bridgehead atoms. The molecular formula is C14H12BrFN2O2. The lowest BCUT2D eigenvalue weighted by molar-refractivity contribution is -0.683. The van der Waals surface area contributed by atoms with Crippen LogP contribution >= 0.6 is 0 Å². The molecule has 20 heavy (non-hydrogen) atoms. The number of Topliss-reactive ketones (excluding diaryl/α,β-unsaturated/α-hetero) is 1. The summed E-state index contributed by atoms with van der Waals surface area (Å²) in [5, 5.41) is 11.4. The molecule has 1 heterocycles. The summed E-state index contributed by atoms with van der Waals surface area (Å²) in [5.41, 5.74) is 1.13. The lowest BCUT2D eigenvalue weighted by Crippen LogP contribution is -3.00. The number of carbonyl (C=O) groups excluding carboxylic acids is 1. The highest BCUT2D eigenvalue weighted by molar-refractivity contribution is 5.95. The number of carbonyl (C=O) groups is 1. The maximum absolute atomic E-state index is 12.8. The van der Waals surface area contributed by atoms with Crippen LogP contribution < -0.4 is 21.5 Å². The predicted octanol–water partition coefficient (Wildman–Crippen LogP) is -1.19. The molecule has 0 aliphatic carbocycles. The third kappa shape index (κ3) is 4.24. The van der Waals surface area contributed by atoms with E-state index in [1.54, 1.807) is 29.1 Å². The SMILES string of the molecule is O=C(C[n+]1cccc(C=NO)c1)c1ccc(F)cc1.[Br-]. The Balaban J connectivity index is 0.00000200. The molecule has 0 aliphatic heterocycles. The van der Waals surface area contributed by atoms with Gasteiger partial charge in [0, 0.05) is 11.6 Å². The van der Waals surface area contributed by atoms with Crippen LogP contribution in [0.1, 0.15) is 15.9 Å². The average Bonchev–Trinajstić information content (AvgIpc) is 2.40. The number of hydrogen-bond donors (Lipinski definition) is 1. The molecule has 2 aromatic rings. The molecular weight excluding hydrogens is 327 g/mol. The van der Waals surface area contributed by atoms with Crippen molar-refractivity contribution in [3.63, 3.8) is 0 Å². The van der Waals surface area contributed by atoms with E-state index < -0.39 is 0 Å².